The van der Waals surface area contributed by atoms with Crippen molar-refractivity contribution in [1.82, 2.24) is 9.80 Å². The first kappa shape index (κ1) is 10.5. The minimum atomic E-state index is -0.112. The van der Waals surface area contributed by atoms with Crippen molar-refractivity contribution >= 4 is 5.91 Å². The highest BCUT2D eigenvalue weighted by Crippen LogP contribution is 2.11. The molecule has 0 radical (unpaired) electrons. The monoisotopic (exact) mass is 186 g/mol. The normalized spacial score (nSPS) is 25.3. The number of aliphatic hydroxyl groups excluding tert-OH is 1. The van der Waals surface area contributed by atoms with E-state index in [-0.39, 0.29) is 18.6 Å². The van der Waals surface area contributed by atoms with Gasteiger partial charge >= 0.3 is 0 Å². The second kappa shape index (κ2) is 4.58. The number of nitrogens with zero attached hydrogens (tertiary/aromatic N) is 2. The maximum atomic E-state index is 11.7. The number of likely N-dealkylation sites (N-methyl/N-ethyl adjacent to an activating group) is 2. The van der Waals surface area contributed by atoms with E-state index in [1.54, 1.807) is 0 Å². The predicted octanol–water partition coefficient (Wildman–Crippen LogP) is -0.469. The lowest BCUT2D eigenvalue weighted by Gasteiger charge is -2.38. The lowest BCUT2D eigenvalue weighted by molar-refractivity contribution is -0.141. The van der Waals surface area contributed by atoms with Crippen molar-refractivity contribution in [3.8, 4) is 0 Å². The second-order valence-electron chi connectivity index (χ2n) is 3.43. The van der Waals surface area contributed by atoms with Crippen LogP contribution in [0.3, 0.4) is 0 Å². The summed E-state index contributed by atoms with van der Waals surface area (Å²) in [6, 6.07) is -0.112. The van der Waals surface area contributed by atoms with E-state index in [9.17, 15) is 4.79 Å². The van der Waals surface area contributed by atoms with E-state index in [4.69, 9.17) is 5.11 Å². The van der Waals surface area contributed by atoms with E-state index in [1.807, 2.05) is 23.8 Å². The van der Waals surface area contributed by atoms with E-state index >= 15 is 0 Å². The van der Waals surface area contributed by atoms with Crippen molar-refractivity contribution in [3.63, 3.8) is 0 Å². The minimum absolute atomic E-state index is 0.0816. The maximum absolute atomic E-state index is 11.7. The fourth-order valence-electron chi connectivity index (χ4n) is 1.72. The largest absolute Gasteiger partial charge is 0.396 e. The van der Waals surface area contributed by atoms with Gasteiger partial charge in [0.1, 0.15) is 0 Å². The number of carbonyl (C=O) groups excluding carboxylic acids is 1. The number of aliphatic hydroxyl groups is 1. The molecule has 4 nitrogen and oxygen atoms in total. The summed E-state index contributed by atoms with van der Waals surface area (Å²) in [5.41, 5.74) is 0. The van der Waals surface area contributed by atoms with Crippen LogP contribution in [0.25, 0.3) is 0 Å². The van der Waals surface area contributed by atoms with Gasteiger partial charge in [-0.15, -0.1) is 0 Å². The molecule has 1 fully saturated rings. The van der Waals surface area contributed by atoms with Gasteiger partial charge < -0.3 is 10.0 Å². The van der Waals surface area contributed by atoms with Gasteiger partial charge in [0.2, 0.25) is 5.91 Å². The Hall–Kier alpha value is -0.610. The smallest absolute Gasteiger partial charge is 0.240 e. The summed E-state index contributed by atoms with van der Waals surface area (Å²) in [5.74, 6) is 0.158. The van der Waals surface area contributed by atoms with Gasteiger partial charge in [0.05, 0.1) is 6.04 Å². The molecule has 1 aliphatic heterocycles. The van der Waals surface area contributed by atoms with Crippen molar-refractivity contribution in [3.05, 3.63) is 0 Å². The van der Waals surface area contributed by atoms with Crippen LogP contribution in [0, 0.1) is 0 Å². The fraction of sp³-hybridized carbons (Fsp3) is 0.889. The molecule has 1 amide bonds. The molecule has 4 heteroatoms. The van der Waals surface area contributed by atoms with Crippen LogP contribution in [0.15, 0.2) is 0 Å². The molecule has 1 rings (SSSR count). The van der Waals surface area contributed by atoms with Crippen molar-refractivity contribution < 1.29 is 9.90 Å². The maximum Gasteiger partial charge on any atom is 0.240 e. The molecule has 1 heterocycles. The van der Waals surface area contributed by atoms with Gasteiger partial charge in [-0.05, 0) is 20.4 Å². The average molecular weight is 186 g/mol. The molecule has 76 valence electrons. The van der Waals surface area contributed by atoms with Crippen molar-refractivity contribution in [2.45, 2.75) is 19.4 Å². The molecule has 0 saturated carbocycles. The fourth-order valence-corrected chi connectivity index (χ4v) is 1.72. The number of carbonyl (C=O) groups is 1. The highest BCUT2D eigenvalue weighted by molar-refractivity contribution is 5.82. The van der Waals surface area contributed by atoms with E-state index in [0.717, 1.165) is 19.6 Å². The highest BCUT2D eigenvalue weighted by Gasteiger charge is 2.30. The molecule has 0 aromatic heterocycles. The van der Waals surface area contributed by atoms with Crippen molar-refractivity contribution in [1.29, 1.82) is 0 Å². The van der Waals surface area contributed by atoms with E-state index < -0.39 is 0 Å². The minimum Gasteiger partial charge on any atom is -0.396 e. The Morgan fingerprint density at radius 3 is 2.77 bits per heavy atom. The SMILES string of the molecule is CCN1CCN(C)C(CCO)C1=O. The zero-order valence-electron chi connectivity index (χ0n) is 8.36. The number of rotatable bonds is 3. The summed E-state index contributed by atoms with van der Waals surface area (Å²) in [6.07, 6.45) is 0.547. The molecule has 1 unspecified atom stereocenters. The van der Waals surface area contributed by atoms with Gasteiger partial charge in [-0.1, -0.05) is 0 Å². The molecule has 1 aliphatic rings. The predicted molar refractivity (Wildman–Crippen MR) is 50.4 cm³/mol. The highest BCUT2D eigenvalue weighted by atomic mass is 16.3. The molecule has 0 spiro atoms. The summed E-state index contributed by atoms with van der Waals surface area (Å²) < 4.78 is 0. The molecule has 1 N–H and O–H groups in total. The number of hydrogen-bond acceptors (Lipinski definition) is 3. The molecule has 1 atom stereocenters. The Labute approximate surface area is 79.1 Å². The average Bonchev–Trinajstić information content (AvgIpc) is 2.12. The van der Waals surface area contributed by atoms with Crippen LogP contribution < -0.4 is 0 Å². The molecular formula is C9H18N2O2. The third-order valence-corrected chi connectivity index (χ3v) is 2.64. The zero-order chi connectivity index (χ0) is 9.84. The van der Waals surface area contributed by atoms with E-state index in [2.05, 4.69) is 0 Å². The van der Waals surface area contributed by atoms with Crippen molar-refractivity contribution in [2.24, 2.45) is 0 Å². The first-order chi connectivity index (χ1) is 6.20. The van der Waals surface area contributed by atoms with Gasteiger partial charge in [-0.25, -0.2) is 0 Å². The van der Waals surface area contributed by atoms with Crippen molar-refractivity contribution in [2.75, 3.05) is 33.3 Å². The summed E-state index contributed by atoms with van der Waals surface area (Å²) in [6.45, 7) is 4.56. The third kappa shape index (κ3) is 2.19. The summed E-state index contributed by atoms with van der Waals surface area (Å²) in [7, 11) is 1.94. The van der Waals surface area contributed by atoms with Crippen LogP contribution in [0.5, 0.6) is 0 Å². The molecule has 1 saturated heterocycles. The standard InChI is InChI=1S/C9H18N2O2/c1-3-11-6-5-10(2)8(4-7-12)9(11)13/h8,12H,3-7H2,1-2H3. The number of piperazine rings is 1. The molecule has 0 bridgehead atoms. The Morgan fingerprint density at radius 1 is 1.54 bits per heavy atom. The van der Waals surface area contributed by atoms with Crippen LogP contribution in [0.1, 0.15) is 13.3 Å². The van der Waals surface area contributed by atoms with Gasteiger partial charge in [0.25, 0.3) is 0 Å². The number of amides is 1. The van der Waals surface area contributed by atoms with Gasteiger partial charge in [0, 0.05) is 26.2 Å². The first-order valence-corrected chi connectivity index (χ1v) is 4.80. The van der Waals surface area contributed by atoms with Gasteiger partial charge in [-0.2, -0.15) is 0 Å². The lowest BCUT2D eigenvalue weighted by Crippen LogP contribution is -2.55. The third-order valence-electron chi connectivity index (χ3n) is 2.64. The molecular weight excluding hydrogens is 168 g/mol. The summed E-state index contributed by atoms with van der Waals surface area (Å²) >= 11 is 0. The summed E-state index contributed by atoms with van der Waals surface area (Å²) in [4.78, 5) is 15.6. The van der Waals surface area contributed by atoms with Crippen LogP contribution in [-0.4, -0.2) is 60.1 Å². The Balaban J connectivity index is 2.60. The van der Waals surface area contributed by atoms with Crippen LogP contribution in [0.2, 0.25) is 0 Å². The first-order valence-electron chi connectivity index (χ1n) is 4.80. The van der Waals surface area contributed by atoms with Gasteiger partial charge in [-0.3, -0.25) is 9.69 Å². The number of hydrogen-bond donors (Lipinski definition) is 1. The summed E-state index contributed by atoms with van der Waals surface area (Å²) in [5, 5.41) is 8.82. The van der Waals surface area contributed by atoms with Crippen LogP contribution in [0.4, 0.5) is 0 Å². The zero-order valence-corrected chi connectivity index (χ0v) is 8.36. The lowest BCUT2D eigenvalue weighted by atomic mass is 10.1. The Bertz CT molecular complexity index is 184. The topological polar surface area (TPSA) is 43.8 Å². The van der Waals surface area contributed by atoms with E-state index in [0.29, 0.717) is 6.42 Å². The Morgan fingerprint density at radius 2 is 2.23 bits per heavy atom. The quantitative estimate of drug-likeness (QED) is 0.648. The second-order valence-corrected chi connectivity index (χ2v) is 3.43. The molecule has 0 aliphatic carbocycles. The Kier molecular flexibility index (Phi) is 3.69. The van der Waals surface area contributed by atoms with Crippen LogP contribution in [-0.2, 0) is 4.79 Å². The molecule has 0 aromatic rings. The van der Waals surface area contributed by atoms with Gasteiger partial charge in [0.15, 0.2) is 0 Å². The molecule has 0 aromatic carbocycles. The molecule has 13 heavy (non-hydrogen) atoms. The van der Waals surface area contributed by atoms with Crippen LogP contribution >= 0.6 is 0 Å². The van der Waals surface area contributed by atoms with E-state index in [1.165, 1.54) is 0 Å².